The van der Waals surface area contributed by atoms with Crippen molar-refractivity contribution in [2.45, 2.75) is 0 Å². The van der Waals surface area contributed by atoms with Gasteiger partial charge < -0.3 is 0 Å². The topological polar surface area (TPSA) is 51.6 Å². The van der Waals surface area contributed by atoms with Gasteiger partial charge in [-0.05, 0) is 23.3 Å². The molecule has 0 aliphatic heterocycles. The molecule has 234 valence electrons. The largest absolute Gasteiger partial charge is 0.236 e. The van der Waals surface area contributed by atoms with E-state index >= 15 is 0 Å². The molecule has 0 saturated heterocycles. The van der Waals surface area contributed by atoms with Gasteiger partial charge in [0.25, 0.3) is 0 Å². The van der Waals surface area contributed by atoms with Gasteiger partial charge in [0.15, 0.2) is 17.5 Å². The molecule has 6 aromatic carbocycles. The molecule has 0 N–H and O–H groups in total. The summed E-state index contributed by atoms with van der Waals surface area (Å²) in [5.74, 6) is 1.91. The van der Waals surface area contributed by atoms with Crippen LogP contribution in [0.2, 0.25) is 0 Å². The highest BCUT2D eigenvalue weighted by atomic mass is 32.1. The molecule has 0 aliphatic rings. The average Bonchev–Trinajstić information content (AvgIpc) is 3.77. The van der Waals surface area contributed by atoms with E-state index in [0.29, 0.717) is 17.5 Å². The minimum atomic E-state index is 0.631. The monoisotopic (exact) mass is 674 g/mol. The van der Waals surface area contributed by atoms with Gasteiger partial charge in [0.05, 0.1) is 5.69 Å². The number of benzene rings is 6. The van der Waals surface area contributed by atoms with Gasteiger partial charge in [-0.2, -0.15) is 0 Å². The third kappa shape index (κ3) is 4.88. The van der Waals surface area contributed by atoms with Crippen LogP contribution in [0.4, 0.5) is 0 Å². The fourth-order valence-corrected chi connectivity index (χ4v) is 9.14. The number of fused-ring (bicyclic) bond motifs is 7. The first kappa shape index (κ1) is 28.9. The summed E-state index contributed by atoms with van der Waals surface area (Å²) in [6.07, 6.45) is 0. The normalized spacial score (nSPS) is 11.6. The first-order chi connectivity index (χ1) is 24.8. The van der Waals surface area contributed by atoms with Crippen molar-refractivity contribution in [3.05, 3.63) is 158 Å². The highest BCUT2D eigenvalue weighted by Gasteiger charge is 2.20. The van der Waals surface area contributed by atoms with Crippen molar-refractivity contribution in [1.29, 1.82) is 0 Å². The van der Waals surface area contributed by atoms with Crippen LogP contribution >= 0.6 is 22.7 Å². The van der Waals surface area contributed by atoms with E-state index in [1.807, 2.05) is 47.7 Å². The number of hydrogen-bond acceptors (Lipinski definition) is 6. The minimum absolute atomic E-state index is 0.631. The molecule has 0 aliphatic carbocycles. The molecule has 0 unspecified atom stereocenters. The SMILES string of the molecule is c1ccc(-c2ccc(-c3nc(-c4ccccc4)nc(-c4ccc(-c5nc6sc7ccccc7c6c6sc7ccccc7c56)cc4)n3)cc2)cc1. The van der Waals surface area contributed by atoms with Crippen molar-refractivity contribution in [2.75, 3.05) is 0 Å². The second kappa shape index (κ2) is 11.8. The second-order valence-corrected chi connectivity index (χ2v) is 14.3. The van der Waals surface area contributed by atoms with E-state index in [1.54, 1.807) is 11.3 Å². The first-order valence-corrected chi connectivity index (χ1v) is 18.1. The van der Waals surface area contributed by atoms with Crippen LogP contribution in [-0.4, -0.2) is 19.9 Å². The summed E-state index contributed by atoms with van der Waals surface area (Å²) in [4.78, 5) is 21.4. The molecule has 0 spiro atoms. The predicted molar refractivity (Wildman–Crippen MR) is 211 cm³/mol. The summed E-state index contributed by atoms with van der Waals surface area (Å²) >= 11 is 3.62. The molecule has 0 saturated carbocycles. The fourth-order valence-electron chi connectivity index (χ4n) is 6.72. The maximum absolute atomic E-state index is 5.36. The number of thiophene rings is 2. The van der Waals surface area contributed by atoms with Crippen LogP contribution in [-0.2, 0) is 0 Å². The van der Waals surface area contributed by atoms with Gasteiger partial charge in [-0.3, -0.25) is 0 Å². The zero-order valence-electron chi connectivity index (χ0n) is 26.6. The molecule has 4 nitrogen and oxygen atoms in total. The Kier molecular flexibility index (Phi) is 6.82. The van der Waals surface area contributed by atoms with Crippen molar-refractivity contribution in [1.82, 2.24) is 19.9 Å². The summed E-state index contributed by atoms with van der Waals surface area (Å²) in [7, 11) is 0. The molecule has 4 aromatic heterocycles. The number of nitrogens with zero attached hydrogens (tertiary/aromatic N) is 4. The van der Waals surface area contributed by atoms with E-state index in [4.69, 9.17) is 19.9 Å². The van der Waals surface area contributed by atoms with E-state index < -0.39 is 0 Å². The van der Waals surface area contributed by atoms with Gasteiger partial charge >= 0.3 is 0 Å². The van der Waals surface area contributed by atoms with Crippen molar-refractivity contribution in [3.63, 3.8) is 0 Å². The van der Waals surface area contributed by atoms with Gasteiger partial charge in [0.2, 0.25) is 0 Å². The first-order valence-electron chi connectivity index (χ1n) is 16.5. The maximum Gasteiger partial charge on any atom is 0.164 e. The quantitative estimate of drug-likeness (QED) is 0.182. The Balaban J connectivity index is 1.10. The van der Waals surface area contributed by atoms with Crippen molar-refractivity contribution in [2.24, 2.45) is 0 Å². The molecule has 6 heteroatoms. The van der Waals surface area contributed by atoms with Crippen LogP contribution in [0.1, 0.15) is 0 Å². The van der Waals surface area contributed by atoms with E-state index in [-0.39, 0.29) is 0 Å². The second-order valence-electron chi connectivity index (χ2n) is 12.2. The predicted octanol–water partition coefficient (Wildman–Crippen LogP) is 12.3. The molecular weight excluding hydrogens is 649 g/mol. The third-order valence-corrected chi connectivity index (χ3v) is 11.4. The zero-order valence-corrected chi connectivity index (χ0v) is 28.2. The molecule has 0 atom stereocenters. The number of hydrogen-bond donors (Lipinski definition) is 0. The molecule has 0 bridgehead atoms. The van der Waals surface area contributed by atoms with Gasteiger partial charge in [0.1, 0.15) is 4.83 Å². The van der Waals surface area contributed by atoms with E-state index in [1.165, 1.54) is 41.2 Å². The van der Waals surface area contributed by atoms with Gasteiger partial charge in [-0.25, -0.2) is 19.9 Å². The van der Waals surface area contributed by atoms with E-state index in [9.17, 15) is 0 Å². The summed E-state index contributed by atoms with van der Waals surface area (Å²) in [5.41, 5.74) is 7.20. The third-order valence-electron chi connectivity index (χ3n) is 9.18. The van der Waals surface area contributed by atoms with Crippen LogP contribution < -0.4 is 0 Å². The molecule has 4 heterocycles. The molecule has 0 amide bonds. The van der Waals surface area contributed by atoms with Crippen molar-refractivity contribution < 1.29 is 0 Å². The van der Waals surface area contributed by atoms with Crippen molar-refractivity contribution >= 4 is 63.1 Å². The summed E-state index contributed by atoms with van der Waals surface area (Å²) in [6, 6.07) is 54.8. The Labute approximate surface area is 296 Å². The van der Waals surface area contributed by atoms with Gasteiger partial charge in [0, 0.05) is 57.9 Å². The Morgan fingerprint density at radius 1 is 0.320 bits per heavy atom. The summed E-state index contributed by atoms with van der Waals surface area (Å²) in [6.45, 7) is 0. The van der Waals surface area contributed by atoms with Crippen LogP contribution in [0.25, 0.3) is 97.0 Å². The highest BCUT2D eigenvalue weighted by Crippen LogP contribution is 2.47. The van der Waals surface area contributed by atoms with Crippen molar-refractivity contribution in [3.8, 4) is 56.5 Å². The highest BCUT2D eigenvalue weighted by molar-refractivity contribution is 7.29. The van der Waals surface area contributed by atoms with E-state index in [0.717, 1.165) is 38.3 Å². The average molecular weight is 675 g/mol. The van der Waals surface area contributed by atoms with Crippen LogP contribution in [0.5, 0.6) is 0 Å². The lowest BCUT2D eigenvalue weighted by Gasteiger charge is -2.10. The van der Waals surface area contributed by atoms with Crippen LogP contribution in [0, 0.1) is 0 Å². The Bertz CT molecular complexity index is 2840. The zero-order chi connectivity index (χ0) is 33.0. The number of pyridine rings is 1. The number of rotatable bonds is 5. The molecule has 0 fully saturated rings. The Morgan fingerprint density at radius 3 is 1.34 bits per heavy atom. The van der Waals surface area contributed by atoms with E-state index in [2.05, 4.69) is 121 Å². The standard InChI is InChI=1S/C44H26N4S2/c1-3-11-27(12-4-1)28-19-23-31(24-20-28)42-46-41(30-13-5-2-6-14-30)47-43(48-42)32-25-21-29(22-26-32)39-37-33-15-7-9-17-35(33)49-40(37)38-34-16-8-10-18-36(34)50-44(38)45-39/h1-26H. The van der Waals surface area contributed by atoms with Gasteiger partial charge in [-0.15, -0.1) is 22.7 Å². The fraction of sp³-hybridized carbons (Fsp3) is 0. The molecule has 0 radical (unpaired) electrons. The Hall–Kier alpha value is -6.08. The summed E-state index contributed by atoms with van der Waals surface area (Å²) < 4.78 is 3.82. The van der Waals surface area contributed by atoms with Crippen LogP contribution in [0.3, 0.4) is 0 Å². The molecule has 10 aromatic rings. The van der Waals surface area contributed by atoms with Gasteiger partial charge in [-0.1, -0.05) is 146 Å². The molecule has 10 rings (SSSR count). The number of aromatic nitrogens is 4. The Morgan fingerprint density at radius 2 is 0.740 bits per heavy atom. The smallest absolute Gasteiger partial charge is 0.164 e. The lowest BCUT2D eigenvalue weighted by atomic mass is 10.0. The lowest BCUT2D eigenvalue weighted by Crippen LogP contribution is -2.00. The lowest BCUT2D eigenvalue weighted by molar-refractivity contribution is 1.07. The maximum atomic E-state index is 5.36. The summed E-state index contributed by atoms with van der Waals surface area (Å²) in [5, 5.41) is 4.98. The van der Waals surface area contributed by atoms with Crippen LogP contribution in [0.15, 0.2) is 158 Å². The molecular formula is C44H26N4S2. The minimum Gasteiger partial charge on any atom is -0.236 e. The molecule has 50 heavy (non-hydrogen) atoms.